The lowest BCUT2D eigenvalue weighted by Gasteiger charge is -2.24. The Bertz CT molecular complexity index is 892. The maximum atomic E-state index is 12.7. The van der Waals surface area contributed by atoms with Crippen LogP contribution < -0.4 is 15.0 Å². The van der Waals surface area contributed by atoms with Crippen LogP contribution in [-0.2, 0) is 19.1 Å². The van der Waals surface area contributed by atoms with E-state index in [2.05, 4.69) is 5.32 Å². The lowest BCUT2D eigenvalue weighted by molar-refractivity contribution is -0.136. The average Bonchev–Trinajstić information content (AvgIpc) is 2.96. The molecule has 0 saturated carbocycles. The molecule has 156 valence electrons. The summed E-state index contributed by atoms with van der Waals surface area (Å²) in [5.74, 6) is -0.573. The Morgan fingerprint density at radius 3 is 2.72 bits per heavy atom. The Labute approximate surface area is 168 Å². The molecule has 2 aliphatic heterocycles. The summed E-state index contributed by atoms with van der Waals surface area (Å²) in [6, 6.07) is 5.11. The molecule has 0 saturated heterocycles. The molecule has 9 nitrogen and oxygen atoms in total. The van der Waals surface area contributed by atoms with E-state index in [0.29, 0.717) is 17.1 Å². The highest BCUT2D eigenvalue weighted by atomic mass is 16.5. The summed E-state index contributed by atoms with van der Waals surface area (Å²) < 4.78 is 10.6. The van der Waals surface area contributed by atoms with Crippen molar-refractivity contribution in [2.24, 2.45) is 5.41 Å². The molecule has 0 unspecified atom stereocenters. The van der Waals surface area contributed by atoms with Crippen LogP contribution >= 0.6 is 0 Å². The summed E-state index contributed by atoms with van der Waals surface area (Å²) >= 11 is 0. The first-order valence-electron chi connectivity index (χ1n) is 9.23. The van der Waals surface area contributed by atoms with Gasteiger partial charge in [0.1, 0.15) is 18.1 Å². The summed E-state index contributed by atoms with van der Waals surface area (Å²) in [6.07, 6.45) is 0. The van der Waals surface area contributed by atoms with Crippen molar-refractivity contribution in [2.75, 3.05) is 50.7 Å². The molecule has 2 N–H and O–H groups in total. The van der Waals surface area contributed by atoms with Crippen LogP contribution in [0.1, 0.15) is 13.8 Å². The quantitative estimate of drug-likeness (QED) is 0.698. The van der Waals surface area contributed by atoms with Gasteiger partial charge >= 0.3 is 5.97 Å². The largest absolute Gasteiger partial charge is 0.490 e. The Balaban J connectivity index is 1.92. The number of ether oxygens (including phenoxy) is 2. The van der Waals surface area contributed by atoms with Gasteiger partial charge in [0.15, 0.2) is 0 Å². The van der Waals surface area contributed by atoms with E-state index in [4.69, 9.17) is 14.6 Å². The van der Waals surface area contributed by atoms with Gasteiger partial charge < -0.3 is 29.7 Å². The second kappa shape index (κ2) is 7.75. The fourth-order valence-corrected chi connectivity index (χ4v) is 3.36. The molecule has 2 amide bonds. The molecule has 1 aromatic carbocycles. The third kappa shape index (κ3) is 3.77. The molecule has 29 heavy (non-hydrogen) atoms. The Hall–Kier alpha value is -3.07. The molecule has 3 rings (SSSR count). The van der Waals surface area contributed by atoms with Crippen molar-refractivity contribution in [1.82, 2.24) is 4.90 Å². The number of anilines is 2. The third-order valence-electron chi connectivity index (χ3n) is 5.02. The molecule has 9 heteroatoms. The molecule has 2 heterocycles. The topological polar surface area (TPSA) is 108 Å². The highest BCUT2D eigenvalue weighted by molar-refractivity contribution is 6.08. The van der Waals surface area contributed by atoms with Crippen LogP contribution in [0.25, 0.3) is 0 Å². The summed E-state index contributed by atoms with van der Waals surface area (Å²) in [4.78, 5) is 40.3. The van der Waals surface area contributed by atoms with E-state index in [0.717, 1.165) is 0 Å². The number of β-amino-alcohol motifs (C(OH)–C–C–N with tert-alkyl or cyclic N) is 1. The fourth-order valence-electron chi connectivity index (χ4n) is 3.36. The molecule has 0 radical (unpaired) electrons. The lowest BCUT2D eigenvalue weighted by atomic mass is 9.93. The fraction of sp³-hybridized carbons (Fsp3) is 0.450. The van der Waals surface area contributed by atoms with E-state index in [1.54, 1.807) is 30.1 Å². The standard InChI is InChI=1S/C20H25N3O6/c1-20(2)11-29-15-9-12(5-6-14(15)22(3)19(20)27)21-16-13(18(26)28-4)10-23(7-8-24)17(16)25/h5-6,9,21,24H,7-8,10-11H2,1-4H3. The Morgan fingerprint density at radius 2 is 2.07 bits per heavy atom. The maximum absolute atomic E-state index is 12.7. The highest BCUT2D eigenvalue weighted by Gasteiger charge is 2.37. The van der Waals surface area contributed by atoms with Gasteiger partial charge in [-0.05, 0) is 26.0 Å². The molecule has 2 aliphatic rings. The number of nitrogens with one attached hydrogen (secondary N) is 1. The number of aliphatic hydroxyl groups is 1. The molecule has 0 fully saturated rings. The number of nitrogens with zero attached hydrogens (tertiary/aromatic N) is 2. The van der Waals surface area contributed by atoms with Crippen LogP contribution in [-0.4, -0.2) is 68.3 Å². The molecule has 0 atom stereocenters. The van der Waals surface area contributed by atoms with Crippen molar-refractivity contribution >= 4 is 29.2 Å². The monoisotopic (exact) mass is 403 g/mol. The van der Waals surface area contributed by atoms with Crippen LogP contribution in [0.5, 0.6) is 5.75 Å². The summed E-state index contributed by atoms with van der Waals surface area (Å²) in [7, 11) is 2.94. The maximum Gasteiger partial charge on any atom is 0.337 e. The van der Waals surface area contributed by atoms with Gasteiger partial charge in [-0.1, -0.05) is 0 Å². The number of aliphatic hydroxyl groups excluding tert-OH is 1. The minimum Gasteiger partial charge on any atom is -0.490 e. The van der Waals surface area contributed by atoms with Crippen molar-refractivity contribution in [3.8, 4) is 5.75 Å². The van der Waals surface area contributed by atoms with Gasteiger partial charge in [0, 0.05) is 25.3 Å². The van der Waals surface area contributed by atoms with Crippen LogP contribution in [0, 0.1) is 5.41 Å². The van der Waals surface area contributed by atoms with Gasteiger partial charge in [0.25, 0.3) is 5.91 Å². The number of carbonyl (C=O) groups excluding carboxylic acids is 3. The highest BCUT2D eigenvalue weighted by Crippen LogP contribution is 2.38. The van der Waals surface area contributed by atoms with Gasteiger partial charge in [-0.3, -0.25) is 9.59 Å². The van der Waals surface area contributed by atoms with Crippen LogP contribution in [0.15, 0.2) is 29.5 Å². The van der Waals surface area contributed by atoms with Crippen molar-refractivity contribution in [2.45, 2.75) is 13.8 Å². The molecule has 0 aromatic heterocycles. The van der Waals surface area contributed by atoms with E-state index in [1.165, 1.54) is 12.0 Å². The first-order chi connectivity index (χ1) is 13.7. The number of fused-ring (bicyclic) bond motifs is 1. The number of carbonyl (C=O) groups is 3. The normalized spacial score (nSPS) is 18.4. The minimum atomic E-state index is -0.672. The van der Waals surface area contributed by atoms with Crippen molar-refractivity contribution in [3.05, 3.63) is 29.5 Å². The first-order valence-corrected chi connectivity index (χ1v) is 9.23. The van der Waals surface area contributed by atoms with Crippen LogP contribution in [0.2, 0.25) is 0 Å². The van der Waals surface area contributed by atoms with E-state index >= 15 is 0 Å². The molecule has 0 spiro atoms. The second-order valence-electron chi connectivity index (χ2n) is 7.64. The number of rotatable bonds is 5. The predicted molar refractivity (Wildman–Crippen MR) is 105 cm³/mol. The van der Waals surface area contributed by atoms with Crippen LogP contribution in [0.4, 0.5) is 11.4 Å². The number of amides is 2. The SMILES string of the molecule is COC(=O)C1=C(Nc2ccc3c(c2)OCC(C)(C)C(=O)N3C)C(=O)N(CCO)C1. The number of esters is 1. The van der Waals surface area contributed by atoms with Gasteiger partial charge in [-0.25, -0.2) is 4.79 Å². The van der Waals surface area contributed by atoms with Gasteiger partial charge in [0.2, 0.25) is 5.91 Å². The van der Waals surface area contributed by atoms with Gasteiger partial charge in [0.05, 0.1) is 36.9 Å². The summed E-state index contributed by atoms with van der Waals surface area (Å²) in [6.45, 7) is 3.80. The van der Waals surface area contributed by atoms with Crippen molar-refractivity contribution in [1.29, 1.82) is 0 Å². The molecular weight excluding hydrogens is 378 g/mol. The zero-order valence-corrected chi connectivity index (χ0v) is 16.9. The number of methoxy groups -OCH3 is 1. The minimum absolute atomic E-state index is 0.0568. The van der Waals surface area contributed by atoms with Gasteiger partial charge in [-0.15, -0.1) is 0 Å². The molecular formula is C20H25N3O6. The van der Waals surface area contributed by atoms with Gasteiger partial charge in [-0.2, -0.15) is 0 Å². The number of hydrogen-bond donors (Lipinski definition) is 2. The van der Waals surface area contributed by atoms with E-state index in [-0.39, 0.29) is 43.5 Å². The average molecular weight is 403 g/mol. The third-order valence-corrected chi connectivity index (χ3v) is 5.02. The summed E-state index contributed by atoms with van der Waals surface area (Å²) in [5.41, 5.74) is 0.764. The Morgan fingerprint density at radius 1 is 1.34 bits per heavy atom. The molecule has 0 bridgehead atoms. The first kappa shape index (κ1) is 20.7. The van der Waals surface area contributed by atoms with E-state index in [9.17, 15) is 14.4 Å². The number of hydrogen-bond acceptors (Lipinski definition) is 7. The molecule has 1 aromatic rings. The van der Waals surface area contributed by atoms with E-state index < -0.39 is 17.3 Å². The lowest BCUT2D eigenvalue weighted by Crippen LogP contribution is -2.39. The molecule has 0 aliphatic carbocycles. The van der Waals surface area contributed by atoms with Crippen LogP contribution in [0.3, 0.4) is 0 Å². The smallest absolute Gasteiger partial charge is 0.337 e. The number of benzene rings is 1. The predicted octanol–water partition coefficient (Wildman–Crippen LogP) is 0.741. The second-order valence-corrected chi connectivity index (χ2v) is 7.64. The van der Waals surface area contributed by atoms with Crippen molar-refractivity contribution < 1.29 is 29.0 Å². The zero-order chi connectivity index (χ0) is 21.3. The zero-order valence-electron chi connectivity index (χ0n) is 16.9. The summed E-state index contributed by atoms with van der Waals surface area (Å²) in [5, 5.41) is 12.1. The van der Waals surface area contributed by atoms with Crippen molar-refractivity contribution in [3.63, 3.8) is 0 Å². The Kier molecular flexibility index (Phi) is 5.52. The van der Waals surface area contributed by atoms with E-state index in [1.807, 2.05) is 13.8 Å².